The first-order valence-electron chi connectivity index (χ1n) is 9.43. The summed E-state index contributed by atoms with van der Waals surface area (Å²) in [6.45, 7) is 3.84. The van der Waals surface area contributed by atoms with Gasteiger partial charge in [-0.15, -0.1) is 0 Å². The van der Waals surface area contributed by atoms with Gasteiger partial charge in [-0.2, -0.15) is 0 Å². The van der Waals surface area contributed by atoms with Gasteiger partial charge in [0.1, 0.15) is 22.5 Å². The molecule has 158 valence electrons. The first-order chi connectivity index (χ1) is 14.3. The van der Waals surface area contributed by atoms with Crippen LogP contribution in [0.25, 0.3) is 11.3 Å². The molecule has 0 N–H and O–H groups in total. The lowest BCUT2D eigenvalue weighted by atomic mass is 10.2. The molecule has 0 amide bonds. The summed E-state index contributed by atoms with van der Waals surface area (Å²) in [4.78, 5) is 4.12. The third-order valence-electron chi connectivity index (χ3n) is 4.95. The summed E-state index contributed by atoms with van der Waals surface area (Å²) < 4.78 is 45.8. The number of fused-ring (bicyclic) bond motifs is 1. The van der Waals surface area contributed by atoms with Crippen molar-refractivity contribution in [3.05, 3.63) is 53.5 Å². The van der Waals surface area contributed by atoms with Crippen molar-refractivity contribution in [2.24, 2.45) is 0 Å². The maximum absolute atomic E-state index is 13.8. The van der Waals surface area contributed by atoms with Gasteiger partial charge in [0.2, 0.25) is 0 Å². The Morgan fingerprint density at radius 2 is 2.07 bits per heavy atom. The van der Waals surface area contributed by atoms with Gasteiger partial charge in [0.15, 0.2) is 11.7 Å². The number of anilines is 1. The van der Waals surface area contributed by atoms with Gasteiger partial charge in [-0.3, -0.25) is 4.31 Å². The Morgan fingerprint density at radius 1 is 1.27 bits per heavy atom. The van der Waals surface area contributed by atoms with Crippen molar-refractivity contribution >= 4 is 27.3 Å². The third-order valence-corrected chi connectivity index (χ3v) is 6.98. The van der Waals surface area contributed by atoms with E-state index in [0.717, 1.165) is 0 Å². The lowest BCUT2D eigenvalue weighted by Crippen LogP contribution is -2.43. The second-order valence-electron chi connectivity index (χ2n) is 6.91. The lowest BCUT2D eigenvalue weighted by Gasteiger charge is -2.35. The van der Waals surface area contributed by atoms with E-state index in [1.165, 1.54) is 17.5 Å². The van der Waals surface area contributed by atoms with Crippen LogP contribution in [-0.4, -0.2) is 33.2 Å². The SMILES string of the molecule is CCC1CN(S(=O)(=O)c2cc(-c3cnc(C)o3)ccc2OC)c2cc(Cl)ccc2O1. The van der Waals surface area contributed by atoms with Crippen molar-refractivity contribution in [2.75, 3.05) is 18.0 Å². The average Bonchev–Trinajstić information content (AvgIpc) is 3.18. The quantitative estimate of drug-likeness (QED) is 0.563. The molecular formula is C21H21ClN2O5S. The average molecular weight is 449 g/mol. The van der Waals surface area contributed by atoms with E-state index < -0.39 is 10.0 Å². The molecule has 7 nitrogen and oxygen atoms in total. The zero-order valence-corrected chi connectivity index (χ0v) is 18.3. The molecule has 1 aliphatic rings. The van der Waals surface area contributed by atoms with E-state index in [-0.39, 0.29) is 23.3 Å². The molecule has 0 radical (unpaired) electrons. The highest BCUT2D eigenvalue weighted by Gasteiger charge is 2.36. The van der Waals surface area contributed by atoms with Gasteiger partial charge in [-0.1, -0.05) is 18.5 Å². The van der Waals surface area contributed by atoms with Crippen molar-refractivity contribution in [3.8, 4) is 22.8 Å². The molecular weight excluding hydrogens is 428 g/mol. The molecule has 1 atom stereocenters. The monoisotopic (exact) mass is 448 g/mol. The van der Waals surface area contributed by atoms with Gasteiger partial charge >= 0.3 is 0 Å². The molecule has 0 saturated heterocycles. The van der Waals surface area contributed by atoms with Gasteiger partial charge in [0.05, 0.1) is 25.5 Å². The van der Waals surface area contributed by atoms with Crippen LogP contribution in [0.5, 0.6) is 11.5 Å². The smallest absolute Gasteiger partial charge is 0.268 e. The van der Waals surface area contributed by atoms with Gasteiger partial charge in [0, 0.05) is 17.5 Å². The normalized spacial score (nSPS) is 16.1. The number of rotatable bonds is 5. The Labute approximate surface area is 180 Å². The number of aryl methyl sites for hydroxylation is 1. The highest BCUT2D eigenvalue weighted by Crippen LogP contribution is 2.41. The molecule has 4 rings (SSSR count). The second kappa shape index (κ2) is 7.85. The number of sulfonamides is 1. The summed E-state index contributed by atoms with van der Waals surface area (Å²) in [6.07, 6.45) is 1.94. The van der Waals surface area contributed by atoms with E-state index in [9.17, 15) is 8.42 Å². The van der Waals surface area contributed by atoms with Crippen LogP contribution in [0.3, 0.4) is 0 Å². The highest BCUT2D eigenvalue weighted by atomic mass is 35.5. The lowest BCUT2D eigenvalue weighted by molar-refractivity contribution is 0.195. The molecule has 30 heavy (non-hydrogen) atoms. The first kappa shape index (κ1) is 20.6. The second-order valence-corrected chi connectivity index (χ2v) is 9.17. The molecule has 1 aliphatic heterocycles. The van der Waals surface area contributed by atoms with E-state index in [0.29, 0.717) is 40.1 Å². The van der Waals surface area contributed by atoms with E-state index in [4.69, 9.17) is 25.5 Å². The number of oxazole rings is 1. The molecule has 3 aromatic rings. The van der Waals surface area contributed by atoms with Crippen molar-refractivity contribution in [3.63, 3.8) is 0 Å². The number of ether oxygens (including phenoxy) is 2. The Hall–Kier alpha value is -2.71. The number of hydrogen-bond acceptors (Lipinski definition) is 6. The van der Waals surface area contributed by atoms with Gasteiger partial charge in [-0.25, -0.2) is 13.4 Å². The summed E-state index contributed by atoms with van der Waals surface area (Å²) in [5, 5.41) is 0.422. The predicted octanol–water partition coefficient (Wildman–Crippen LogP) is 4.68. The van der Waals surface area contributed by atoms with Crippen LogP contribution in [0, 0.1) is 6.92 Å². The molecule has 1 unspecified atom stereocenters. The van der Waals surface area contributed by atoms with Crippen LogP contribution in [0.2, 0.25) is 5.02 Å². The number of aromatic nitrogens is 1. The highest BCUT2D eigenvalue weighted by molar-refractivity contribution is 7.93. The number of nitrogens with zero attached hydrogens (tertiary/aromatic N) is 2. The maximum atomic E-state index is 13.8. The molecule has 0 saturated carbocycles. The standard InChI is InChI=1S/C21H21ClN2O5S/c1-4-16-12-24(17-10-15(22)6-8-18(17)29-16)30(25,26)21-9-14(5-7-19(21)27-3)20-11-23-13(2)28-20/h5-11,16H,4,12H2,1-3H3. The largest absolute Gasteiger partial charge is 0.495 e. The van der Waals surface area contributed by atoms with Crippen LogP contribution in [0.15, 0.2) is 51.9 Å². The Balaban J connectivity index is 1.86. The minimum atomic E-state index is -3.99. The van der Waals surface area contributed by atoms with Gasteiger partial charge in [0.25, 0.3) is 10.0 Å². The Kier molecular flexibility index (Phi) is 5.38. The van der Waals surface area contributed by atoms with E-state index in [1.807, 2.05) is 6.92 Å². The molecule has 2 heterocycles. The fraction of sp³-hybridized carbons (Fsp3) is 0.286. The summed E-state index contributed by atoms with van der Waals surface area (Å²) in [6, 6.07) is 9.84. The summed E-state index contributed by atoms with van der Waals surface area (Å²) in [5.74, 6) is 1.68. The van der Waals surface area contributed by atoms with Crippen molar-refractivity contribution in [1.82, 2.24) is 4.98 Å². The summed E-state index contributed by atoms with van der Waals surface area (Å²) in [5.41, 5.74) is 0.983. The van der Waals surface area contributed by atoms with Crippen LogP contribution >= 0.6 is 11.6 Å². The van der Waals surface area contributed by atoms with Crippen molar-refractivity contribution < 1.29 is 22.3 Å². The fourth-order valence-electron chi connectivity index (χ4n) is 3.37. The molecule has 0 fully saturated rings. The van der Waals surface area contributed by atoms with E-state index in [2.05, 4.69) is 4.98 Å². The zero-order chi connectivity index (χ0) is 21.5. The zero-order valence-electron chi connectivity index (χ0n) is 16.8. The van der Waals surface area contributed by atoms with Crippen LogP contribution in [0.4, 0.5) is 5.69 Å². The number of benzene rings is 2. The fourth-order valence-corrected chi connectivity index (χ4v) is 5.22. The Bertz CT molecular complexity index is 1190. The Morgan fingerprint density at radius 3 is 2.73 bits per heavy atom. The topological polar surface area (TPSA) is 81.9 Å². The maximum Gasteiger partial charge on any atom is 0.268 e. The van der Waals surface area contributed by atoms with Crippen LogP contribution in [-0.2, 0) is 10.0 Å². The number of methoxy groups -OCH3 is 1. The summed E-state index contributed by atoms with van der Waals surface area (Å²) >= 11 is 6.15. The van der Waals surface area contributed by atoms with Gasteiger partial charge < -0.3 is 13.9 Å². The van der Waals surface area contributed by atoms with Crippen molar-refractivity contribution in [2.45, 2.75) is 31.3 Å². The molecule has 2 aromatic carbocycles. The van der Waals surface area contributed by atoms with Crippen molar-refractivity contribution in [1.29, 1.82) is 0 Å². The predicted molar refractivity (Wildman–Crippen MR) is 114 cm³/mol. The molecule has 0 bridgehead atoms. The molecule has 0 spiro atoms. The van der Waals surface area contributed by atoms with E-state index in [1.54, 1.807) is 43.5 Å². The van der Waals surface area contributed by atoms with Crippen LogP contribution < -0.4 is 13.8 Å². The minimum absolute atomic E-state index is 0.0271. The minimum Gasteiger partial charge on any atom is -0.495 e. The number of halogens is 1. The molecule has 0 aliphatic carbocycles. The van der Waals surface area contributed by atoms with Gasteiger partial charge in [-0.05, 0) is 42.8 Å². The molecule has 9 heteroatoms. The third kappa shape index (κ3) is 3.61. The molecule has 1 aromatic heterocycles. The first-order valence-corrected chi connectivity index (χ1v) is 11.2. The van der Waals surface area contributed by atoms with Crippen LogP contribution in [0.1, 0.15) is 19.2 Å². The van der Waals surface area contributed by atoms with E-state index >= 15 is 0 Å². The number of hydrogen-bond donors (Lipinski definition) is 0. The summed E-state index contributed by atoms with van der Waals surface area (Å²) in [7, 11) is -2.56.